The van der Waals surface area contributed by atoms with Gasteiger partial charge >= 0.3 is 0 Å². The molecule has 2 fully saturated rings. The number of hydrogen-bond donors (Lipinski definition) is 1. The van der Waals surface area contributed by atoms with Crippen LogP contribution in [0.5, 0.6) is 5.75 Å². The number of aromatic nitrogens is 3. The van der Waals surface area contributed by atoms with E-state index in [9.17, 15) is 8.42 Å². The Morgan fingerprint density at radius 3 is 2.45 bits per heavy atom. The van der Waals surface area contributed by atoms with Crippen LogP contribution < -0.4 is 14.8 Å². The lowest BCUT2D eigenvalue weighted by Gasteiger charge is -2.31. The highest BCUT2D eigenvalue weighted by Gasteiger charge is 2.32. The monoisotopic (exact) mass is 437 g/mol. The Bertz CT molecular complexity index is 933. The van der Waals surface area contributed by atoms with Crippen molar-refractivity contribution < 1.29 is 13.2 Å². The van der Waals surface area contributed by atoms with E-state index in [4.69, 9.17) is 9.88 Å². The van der Waals surface area contributed by atoms with Gasteiger partial charge in [0.1, 0.15) is 5.75 Å². The van der Waals surface area contributed by atoms with Gasteiger partial charge in [-0.25, -0.2) is 13.6 Å². The first kappa shape index (κ1) is 20.5. The SMILES string of the molecule is CC1CCN(c2nnc(SCCOc3ccc(S(N)(=O)=O)cc3)n2C2CC2)CC1. The highest BCUT2D eigenvalue weighted by atomic mass is 32.2. The van der Waals surface area contributed by atoms with E-state index in [1.807, 2.05) is 0 Å². The van der Waals surface area contributed by atoms with E-state index in [1.165, 1.54) is 37.8 Å². The molecule has 0 radical (unpaired) electrons. The van der Waals surface area contributed by atoms with E-state index >= 15 is 0 Å². The molecule has 8 nitrogen and oxygen atoms in total. The van der Waals surface area contributed by atoms with Crippen molar-refractivity contribution in [3.05, 3.63) is 24.3 Å². The third-order valence-corrected chi connectivity index (χ3v) is 7.20. The maximum atomic E-state index is 11.3. The fourth-order valence-corrected chi connectivity index (χ4v) is 4.80. The van der Waals surface area contributed by atoms with Gasteiger partial charge < -0.3 is 9.64 Å². The van der Waals surface area contributed by atoms with E-state index in [0.29, 0.717) is 18.4 Å². The van der Waals surface area contributed by atoms with E-state index in [2.05, 4.69) is 26.6 Å². The van der Waals surface area contributed by atoms with E-state index in [0.717, 1.165) is 35.9 Å². The summed E-state index contributed by atoms with van der Waals surface area (Å²) in [6.45, 7) is 4.91. The van der Waals surface area contributed by atoms with Gasteiger partial charge in [-0.05, 0) is 55.9 Å². The Kier molecular flexibility index (Phi) is 6.03. The van der Waals surface area contributed by atoms with Crippen LogP contribution in [-0.4, -0.2) is 48.6 Å². The zero-order valence-electron chi connectivity index (χ0n) is 16.5. The van der Waals surface area contributed by atoms with Crippen LogP contribution in [-0.2, 0) is 10.0 Å². The number of primary sulfonamides is 1. The maximum absolute atomic E-state index is 11.3. The predicted octanol–water partition coefficient (Wildman–Crippen LogP) is 2.67. The summed E-state index contributed by atoms with van der Waals surface area (Å²) in [5, 5.41) is 15.0. The smallest absolute Gasteiger partial charge is 0.238 e. The van der Waals surface area contributed by atoms with Crippen molar-refractivity contribution in [1.29, 1.82) is 0 Å². The quantitative estimate of drug-likeness (QED) is 0.500. The summed E-state index contributed by atoms with van der Waals surface area (Å²) in [5.41, 5.74) is 0. The van der Waals surface area contributed by atoms with Crippen LogP contribution in [0.3, 0.4) is 0 Å². The molecule has 2 aliphatic rings. The van der Waals surface area contributed by atoms with Crippen molar-refractivity contribution in [2.45, 2.75) is 48.7 Å². The van der Waals surface area contributed by atoms with Gasteiger partial charge in [-0.15, -0.1) is 10.2 Å². The first-order chi connectivity index (χ1) is 13.9. The van der Waals surface area contributed by atoms with Gasteiger partial charge in [0, 0.05) is 24.9 Å². The molecule has 1 aliphatic carbocycles. The van der Waals surface area contributed by atoms with Crippen molar-refractivity contribution in [2.75, 3.05) is 30.3 Å². The number of sulfonamides is 1. The van der Waals surface area contributed by atoms with Gasteiger partial charge in [0.2, 0.25) is 16.0 Å². The van der Waals surface area contributed by atoms with Crippen LogP contribution in [0.2, 0.25) is 0 Å². The summed E-state index contributed by atoms with van der Waals surface area (Å²) in [4.78, 5) is 2.45. The summed E-state index contributed by atoms with van der Waals surface area (Å²) in [6.07, 6.45) is 4.79. The fraction of sp³-hybridized carbons (Fsp3) is 0.579. The van der Waals surface area contributed by atoms with E-state index in [1.54, 1.807) is 23.9 Å². The lowest BCUT2D eigenvalue weighted by atomic mass is 10.00. The lowest BCUT2D eigenvalue weighted by molar-refractivity contribution is 0.343. The third kappa shape index (κ3) is 5.04. The van der Waals surface area contributed by atoms with Gasteiger partial charge in [-0.3, -0.25) is 4.57 Å². The van der Waals surface area contributed by atoms with Crippen LogP contribution >= 0.6 is 11.8 Å². The molecule has 10 heteroatoms. The minimum absolute atomic E-state index is 0.0800. The Morgan fingerprint density at radius 2 is 1.83 bits per heavy atom. The Balaban J connectivity index is 1.33. The topological polar surface area (TPSA) is 103 Å². The first-order valence-electron chi connectivity index (χ1n) is 10.00. The van der Waals surface area contributed by atoms with Crippen LogP contribution in [0.1, 0.15) is 38.6 Å². The number of anilines is 1. The molecule has 29 heavy (non-hydrogen) atoms. The van der Waals surface area contributed by atoms with Gasteiger partial charge in [0.05, 0.1) is 11.5 Å². The molecule has 1 aliphatic heterocycles. The average molecular weight is 438 g/mol. The molecule has 2 aromatic rings. The number of benzene rings is 1. The molecular formula is C19H27N5O3S2. The molecule has 2 N–H and O–H groups in total. The Hall–Kier alpha value is -1.78. The molecule has 1 aromatic carbocycles. The molecule has 0 atom stereocenters. The molecule has 158 valence electrons. The number of nitrogens with zero attached hydrogens (tertiary/aromatic N) is 4. The number of piperidine rings is 1. The maximum Gasteiger partial charge on any atom is 0.238 e. The summed E-state index contributed by atoms with van der Waals surface area (Å²) in [6, 6.07) is 6.66. The van der Waals surface area contributed by atoms with Crippen LogP contribution in [0.4, 0.5) is 5.95 Å². The largest absolute Gasteiger partial charge is 0.493 e. The number of ether oxygens (including phenoxy) is 1. The second-order valence-electron chi connectivity index (χ2n) is 7.77. The second-order valence-corrected chi connectivity index (χ2v) is 10.4. The molecule has 1 aromatic heterocycles. The summed E-state index contributed by atoms with van der Waals surface area (Å²) in [7, 11) is -3.68. The van der Waals surface area contributed by atoms with Gasteiger partial charge in [0.15, 0.2) is 5.16 Å². The van der Waals surface area contributed by atoms with Crippen LogP contribution in [0, 0.1) is 5.92 Å². The third-order valence-electron chi connectivity index (χ3n) is 5.36. The van der Waals surface area contributed by atoms with E-state index < -0.39 is 10.0 Å². The molecule has 0 unspecified atom stereocenters. The summed E-state index contributed by atoms with van der Waals surface area (Å²) >= 11 is 1.65. The van der Waals surface area contributed by atoms with Crippen LogP contribution in [0.25, 0.3) is 0 Å². The van der Waals surface area contributed by atoms with Crippen molar-refractivity contribution >= 4 is 27.7 Å². The van der Waals surface area contributed by atoms with Gasteiger partial charge in [-0.1, -0.05) is 18.7 Å². The molecule has 0 spiro atoms. The molecule has 4 rings (SSSR count). The predicted molar refractivity (Wildman–Crippen MR) is 113 cm³/mol. The summed E-state index contributed by atoms with van der Waals surface area (Å²) in [5.74, 6) is 3.15. The number of rotatable bonds is 8. The zero-order valence-corrected chi connectivity index (χ0v) is 18.2. The first-order valence-corrected chi connectivity index (χ1v) is 12.5. The molecule has 2 heterocycles. The Morgan fingerprint density at radius 1 is 1.14 bits per heavy atom. The highest BCUT2D eigenvalue weighted by molar-refractivity contribution is 7.99. The molecular weight excluding hydrogens is 410 g/mol. The summed E-state index contributed by atoms with van der Waals surface area (Å²) < 4.78 is 30.6. The van der Waals surface area contributed by atoms with Crippen molar-refractivity contribution in [3.8, 4) is 5.75 Å². The number of hydrogen-bond acceptors (Lipinski definition) is 7. The minimum atomic E-state index is -3.68. The van der Waals surface area contributed by atoms with Gasteiger partial charge in [-0.2, -0.15) is 0 Å². The average Bonchev–Trinajstić information content (AvgIpc) is 3.45. The minimum Gasteiger partial charge on any atom is -0.493 e. The standard InChI is InChI=1S/C19H27N5O3S2/c1-14-8-10-23(11-9-14)18-21-22-19(24(18)15-2-3-15)28-13-12-27-16-4-6-17(7-5-16)29(20,25)26/h4-7,14-15H,2-3,8-13H2,1H3,(H2,20,25,26). The van der Waals surface area contributed by atoms with Crippen molar-refractivity contribution in [2.24, 2.45) is 11.1 Å². The van der Waals surface area contributed by atoms with E-state index in [-0.39, 0.29) is 4.90 Å². The number of thioether (sulfide) groups is 1. The normalized spacial score (nSPS) is 18.2. The fourth-order valence-electron chi connectivity index (χ4n) is 3.46. The molecule has 1 saturated carbocycles. The van der Waals surface area contributed by atoms with Gasteiger partial charge in [0.25, 0.3) is 0 Å². The zero-order chi connectivity index (χ0) is 20.4. The Labute approximate surface area is 175 Å². The lowest BCUT2D eigenvalue weighted by Crippen LogP contribution is -2.34. The molecule has 0 amide bonds. The van der Waals surface area contributed by atoms with Crippen molar-refractivity contribution in [3.63, 3.8) is 0 Å². The number of nitrogens with two attached hydrogens (primary N) is 1. The second kappa shape index (κ2) is 8.53. The molecule has 1 saturated heterocycles. The highest BCUT2D eigenvalue weighted by Crippen LogP contribution is 2.41. The molecule has 0 bridgehead atoms. The van der Waals surface area contributed by atoms with Crippen molar-refractivity contribution in [1.82, 2.24) is 14.8 Å². The van der Waals surface area contributed by atoms with Crippen LogP contribution in [0.15, 0.2) is 34.3 Å².